The first-order valence-corrected chi connectivity index (χ1v) is 8.31. The maximum atomic E-state index is 12.9. The second-order valence-corrected chi connectivity index (χ2v) is 5.94. The van der Waals surface area contributed by atoms with Crippen LogP contribution < -0.4 is 14.2 Å². The summed E-state index contributed by atoms with van der Waals surface area (Å²) >= 11 is 0. The van der Waals surface area contributed by atoms with Gasteiger partial charge in [0, 0.05) is 12.1 Å². The molecule has 158 valence electrons. The number of ether oxygens (including phenoxy) is 3. The van der Waals surface area contributed by atoms with Gasteiger partial charge >= 0.3 is 12.4 Å². The van der Waals surface area contributed by atoms with Crippen LogP contribution >= 0.6 is 0 Å². The average Bonchev–Trinajstić information content (AvgIpc) is 2.67. The highest BCUT2D eigenvalue weighted by Gasteiger charge is 2.31. The highest BCUT2D eigenvalue weighted by atomic mass is 19.4. The van der Waals surface area contributed by atoms with E-state index in [-0.39, 0.29) is 29.0 Å². The Bertz CT molecular complexity index is 956. The van der Waals surface area contributed by atoms with Crippen molar-refractivity contribution in [3.05, 3.63) is 71.8 Å². The molecule has 0 saturated carbocycles. The van der Waals surface area contributed by atoms with Gasteiger partial charge in [-0.1, -0.05) is 12.1 Å². The van der Waals surface area contributed by atoms with Gasteiger partial charge in [0.1, 0.15) is 17.2 Å². The molecule has 0 spiro atoms. The van der Waals surface area contributed by atoms with Crippen molar-refractivity contribution in [2.75, 3.05) is 7.11 Å². The number of rotatable bonds is 5. The van der Waals surface area contributed by atoms with Crippen molar-refractivity contribution in [2.45, 2.75) is 12.4 Å². The van der Waals surface area contributed by atoms with E-state index >= 15 is 0 Å². The number of nitrogens with zero attached hydrogens (tertiary/aromatic N) is 1. The van der Waals surface area contributed by atoms with Crippen LogP contribution in [-0.2, 0) is 12.4 Å². The Hall–Kier alpha value is -3.43. The molecule has 2 aromatic carbocycles. The van der Waals surface area contributed by atoms with Crippen molar-refractivity contribution in [1.82, 2.24) is 4.98 Å². The lowest BCUT2D eigenvalue weighted by Crippen LogP contribution is -2.05. The fourth-order valence-corrected chi connectivity index (χ4v) is 2.39. The summed E-state index contributed by atoms with van der Waals surface area (Å²) in [6.45, 7) is 0. The van der Waals surface area contributed by atoms with Gasteiger partial charge in [0.25, 0.3) is 0 Å². The Labute approximate surface area is 166 Å². The van der Waals surface area contributed by atoms with Crippen molar-refractivity contribution in [3.8, 4) is 29.0 Å². The van der Waals surface area contributed by atoms with E-state index in [1.807, 2.05) is 0 Å². The Balaban J connectivity index is 1.88. The van der Waals surface area contributed by atoms with Crippen molar-refractivity contribution >= 4 is 0 Å². The van der Waals surface area contributed by atoms with Crippen LogP contribution in [0.3, 0.4) is 0 Å². The van der Waals surface area contributed by atoms with Gasteiger partial charge < -0.3 is 14.2 Å². The molecule has 0 N–H and O–H groups in total. The Morgan fingerprint density at radius 3 is 1.43 bits per heavy atom. The molecule has 0 radical (unpaired) electrons. The number of hydrogen-bond acceptors (Lipinski definition) is 4. The van der Waals surface area contributed by atoms with Crippen molar-refractivity contribution < 1.29 is 40.6 Å². The quantitative estimate of drug-likeness (QED) is 0.423. The minimum atomic E-state index is -4.56. The number of methoxy groups -OCH3 is 1. The zero-order valence-electron chi connectivity index (χ0n) is 15.2. The number of benzene rings is 2. The van der Waals surface area contributed by atoms with Crippen LogP contribution in [0, 0.1) is 0 Å². The van der Waals surface area contributed by atoms with Crippen LogP contribution in [0.2, 0.25) is 0 Å². The zero-order chi connectivity index (χ0) is 21.9. The monoisotopic (exact) mass is 429 g/mol. The Kier molecular flexibility index (Phi) is 5.77. The van der Waals surface area contributed by atoms with E-state index < -0.39 is 23.5 Å². The lowest BCUT2D eigenvalue weighted by molar-refractivity contribution is -0.138. The number of aromatic nitrogens is 1. The molecule has 0 unspecified atom stereocenters. The predicted octanol–water partition coefficient (Wildman–Crippen LogP) is 6.71. The molecule has 4 nitrogen and oxygen atoms in total. The van der Waals surface area contributed by atoms with E-state index in [1.54, 1.807) is 0 Å². The van der Waals surface area contributed by atoms with E-state index in [0.717, 1.165) is 24.3 Å². The van der Waals surface area contributed by atoms with Gasteiger partial charge in [0.15, 0.2) is 0 Å². The first kappa shape index (κ1) is 21.3. The third-order valence-corrected chi connectivity index (χ3v) is 3.76. The molecule has 3 aromatic rings. The first-order chi connectivity index (χ1) is 14.0. The maximum Gasteiger partial charge on any atom is 0.416 e. The number of halogens is 6. The highest BCUT2D eigenvalue weighted by Crippen LogP contribution is 2.35. The van der Waals surface area contributed by atoms with E-state index in [4.69, 9.17) is 14.2 Å². The van der Waals surface area contributed by atoms with Crippen molar-refractivity contribution in [3.63, 3.8) is 0 Å². The molecule has 0 bridgehead atoms. The molecule has 0 atom stereocenters. The first-order valence-electron chi connectivity index (χ1n) is 8.31. The topological polar surface area (TPSA) is 40.6 Å². The molecule has 0 aliphatic heterocycles. The summed E-state index contributed by atoms with van der Waals surface area (Å²) in [5, 5.41) is 0. The molecule has 0 aliphatic carbocycles. The SMILES string of the molecule is COc1cc(Oc2cccc(C(F)(F)F)c2)nc(Oc2cccc(C(F)(F)F)c2)c1. The van der Waals surface area contributed by atoms with E-state index in [0.29, 0.717) is 0 Å². The molecule has 0 aliphatic rings. The van der Waals surface area contributed by atoms with Crippen LogP contribution in [0.25, 0.3) is 0 Å². The number of hydrogen-bond donors (Lipinski definition) is 0. The van der Waals surface area contributed by atoms with Gasteiger partial charge in [-0.25, -0.2) is 0 Å². The number of pyridine rings is 1. The average molecular weight is 429 g/mol. The summed E-state index contributed by atoms with van der Waals surface area (Å²) in [6, 6.07) is 10.8. The molecule has 10 heteroatoms. The lowest BCUT2D eigenvalue weighted by Gasteiger charge is -2.13. The van der Waals surface area contributed by atoms with E-state index in [9.17, 15) is 26.3 Å². The standard InChI is InChI=1S/C20H13F6NO3/c1-28-16-10-17(29-14-6-2-4-12(8-14)19(21,22)23)27-18(11-16)30-15-7-3-5-13(9-15)20(24,25)26/h2-11H,1H3. The number of alkyl halides is 6. The molecule has 1 heterocycles. The van der Waals surface area contributed by atoms with Gasteiger partial charge in [-0.05, 0) is 36.4 Å². The maximum absolute atomic E-state index is 12.9. The Morgan fingerprint density at radius 1 is 0.633 bits per heavy atom. The lowest BCUT2D eigenvalue weighted by atomic mass is 10.2. The highest BCUT2D eigenvalue weighted by molar-refractivity contribution is 5.40. The second-order valence-electron chi connectivity index (χ2n) is 5.94. The summed E-state index contributed by atoms with van der Waals surface area (Å²) in [5.74, 6) is -0.452. The zero-order valence-corrected chi connectivity index (χ0v) is 15.2. The van der Waals surface area contributed by atoms with Gasteiger partial charge in [0.2, 0.25) is 11.8 Å². The van der Waals surface area contributed by atoms with Gasteiger partial charge in [-0.3, -0.25) is 0 Å². The van der Waals surface area contributed by atoms with E-state index in [2.05, 4.69) is 4.98 Å². The summed E-state index contributed by atoms with van der Waals surface area (Å²) < 4.78 is 92.9. The third-order valence-electron chi connectivity index (χ3n) is 3.76. The van der Waals surface area contributed by atoms with Crippen LogP contribution in [0.5, 0.6) is 29.0 Å². The molecular weight excluding hydrogens is 416 g/mol. The molecule has 0 fully saturated rings. The molecule has 0 saturated heterocycles. The summed E-state index contributed by atoms with van der Waals surface area (Å²) in [4.78, 5) is 3.97. The van der Waals surface area contributed by atoms with Crippen LogP contribution in [0.1, 0.15) is 11.1 Å². The molecule has 1 aromatic heterocycles. The molecule has 30 heavy (non-hydrogen) atoms. The fourth-order valence-electron chi connectivity index (χ4n) is 2.39. The summed E-state index contributed by atoms with van der Waals surface area (Å²) in [6.07, 6.45) is -9.11. The van der Waals surface area contributed by atoms with Crippen LogP contribution in [0.15, 0.2) is 60.7 Å². The Morgan fingerprint density at radius 2 is 1.07 bits per heavy atom. The van der Waals surface area contributed by atoms with Gasteiger partial charge in [0.05, 0.1) is 18.2 Å². The second kappa shape index (κ2) is 8.13. The normalized spacial score (nSPS) is 11.8. The van der Waals surface area contributed by atoms with Gasteiger partial charge in [-0.15, -0.1) is 0 Å². The van der Waals surface area contributed by atoms with Gasteiger partial charge in [-0.2, -0.15) is 31.3 Å². The van der Waals surface area contributed by atoms with Crippen molar-refractivity contribution in [1.29, 1.82) is 0 Å². The largest absolute Gasteiger partial charge is 0.496 e. The fraction of sp³-hybridized carbons (Fsp3) is 0.150. The minimum absolute atomic E-state index is 0.143. The summed E-state index contributed by atoms with van der Waals surface area (Å²) in [5.41, 5.74) is -1.83. The van der Waals surface area contributed by atoms with Crippen LogP contribution in [-0.4, -0.2) is 12.1 Å². The molecule has 3 rings (SSSR count). The predicted molar refractivity (Wildman–Crippen MR) is 93.8 cm³/mol. The van der Waals surface area contributed by atoms with Crippen LogP contribution in [0.4, 0.5) is 26.3 Å². The van der Waals surface area contributed by atoms with Crippen molar-refractivity contribution in [2.24, 2.45) is 0 Å². The smallest absolute Gasteiger partial charge is 0.416 e. The molecular formula is C20H13F6NO3. The summed E-state index contributed by atoms with van der Waals surface area (Å²) in [7, 11) is 1.32. The third kappa shape index (κ3) is 5.34. The van der Waals surface area contributed by atoms with E-state index in [1.165, 1.54) is 43.5 Å². The molecule has 0 amide bonds. The minimum Gasteiger partial charge on any atom is -0.496 e.